The molecule has 0 aliphatic rings. The van der Waals surface area contributed by atoms with Gasteiger partial charge in [-0.15, -0.1) is 0 Å². The van der Waals surface area contributed by atoms with Crippen molar-refractivity contribution in [1.29, 1.82) is 0 Å². The van der Waals surface area contributed by atoms with Gasteiger partial charge in [0, 0.05) is 18.1 Å². The Bertz CT molecular complexity index is 544. The minimum absolute atomic E-state index is 0.0411. The fourth-order valence-corrected chi connectivity index (χ4v) is 2.14. The van der Waals surface area contributed by atoms with Crippen molar-refractivity contribution in [2.45, 2.75) is 26.3 Å². The van der Waals surface area contributed by atoms with Gasteiger partial charge < -0.3 is 15.0 Å². The molecule has 0 saturated heterocycles. The van der Waals surface area contributed by atoms with Gasteiger partial charge in [-0.3, -0.25) is 4.79 Å². The highest BCUT2D eigenvalue weighted by atomic mass is 16.3. The highest BCUT2D eigenvalue weighted by Crippen LogP contribution is 2.21. The van der Waals surface area contributed by atoms with Crippen LogP contribution in [0.25, 0.3) is 0 Å². The van der Waals surface area contributed by atoms with Crippen LogP contribution >= 0.6 is 0 Å². The molecule has 4 nitrogen and oxygen atoms in total. The summed E-state index contributed by atoms with van der Waals surface area (Å²) in [5, 5.41) is 12.1. The minimum Gasteiger partial charge on any atom is -0.508 e. The van der Waals surface area contributed by atoms with Crippen LogP contribution in [0.3, 0.4) is 0 Å². The number of phenolic OH excluding ortho intramolecular Hbond substituents is 1. The SMILES string of the molecule is CC(C)CC(C(=O)Nc1ccc(O)cc1)n1cccc1. The van der Waals surface area contributed by atoms with Crippen LogP contribution in [0.4, 0.5) is 5.69 Å². The molecule has 4 heteroatoms. The van der Waals surface area contributed by atoms with Crippen molar-refractivity contribution < 1.29 is 9.90 Å². The number of aromatic hydroxyl groups is 1. The highest BCUT2D eigenvalue weighted by Gasteiger charge is 2.20. The monoisotopic (exact) mass is 272 g/mol. The van der Waals surface area contributed by atoms with Gasteiger partial charge in [0.15, 0.2) is 0 Å². The van der Waals surface area contributed by atoms with Gasteiger partial charge in [0.25, 0.3) is 0 Å². The predicted molar refractivity (Wildman–Crippen MR) is 79.7 cm³/mol. The van der Waals surface area contributed by atoms with Gasteiger partial charge in [-0.05, 0) is 48.7 Å². The molecule has 2 rings (SSSR count). The molecule has 0 fully saturated rings. The van der Waals surface area contributed by atoms with Crippen molar-refractivity contribution >= 4 is 11.6 Å². The first-order chi connectivity index (χ1) is 9.56. The summed E-state index contributed by atoms with van der Waals surface area (Å²) in [6.07, 6.45) is 4.59. The summed E-state index contributed by atoms with van der Waals surface area (Å²) in [7, 11) is 0. The number of aromatic nitrogens is 1. The first-order valence-corrected chi connectivity index (χ1v) is 6.78. The molecule has 1 heterocycles. The van der Waals surface area contributed by atoms with E-state index < -0.39 is 0 Å². The van der Waals surface area contributed by atoms with E-state index in [1.807, 2.05) is 29.1 Å². The third-order valence-corrected chi connectivity index (χ3v) is 3.12. The van der Waals surface area contributed by atoms with E-state index in [9.17, 15) is 9.90 Å². The second-order valence-corrected chi connectivity index (χ2v) is 5.31. The van der Waals surface area contributed by atoms with Crippen molar-refractivity contribution in [3.05, 3.63) is 48.8 Å². The number of hydrogen-bond donors (Lipinski definition) is 2. The molecule has 20 heavy (non-hydrogen) atoms. The van der Waals surface area contributed by atoms with Gasteiger partial charge in [-0.2, -0.15) is 0 Å². The molecule has 0 aliphatic heterocycles. The van der Waals surface area contributed by atoms with Gasteiger partial charge >= 0.3 is 0 Å². The van der Waals surface area contributed by atoms with E-state index in [0.29, 0.717) is 11.6 Å². The molecular formula is C16H20N2O2. The van der Waals surface area contributed by atoms with Crippen LogP contribution in [0.2, 0.25) is 0 Å². The van der Waals surface area contributed by atoms with Gasteiger partial charge in [0.2, 0.25) is 5.91 Å². The highest BCUT2D eigenvalue weighted by molar-refractivity contribution is 5.93. The van der Waals surface area contributed by atoms with Gasteiger partial charge in [-0.1, -0.05) is 13.8 Å². The summed E-state index contributed by atoms with van der Waals surface area (Å²) < 4.78 is 1.93. The van der Waals surface area contributed by atoms with E-state index in [2.05, 4.69) is 19.2 Å². The number of rotatable bonds is 5. The lowest BCUT2D eigenvalue weighted by atomic mass is 10.0. The molecule has 0 aliphatic carbocycles. The maximum atomic E-state index is 12.4. The lowest BCUT2D eigenvalue weighted by Gasteiger charge is -2.20. The van der Waals surface area contributed by atoms with Gasteiger partial charge in [0.05, 0.1) is 0 Å². The first kappa shape index (κ1) is 14.2. The van der Waals surface area contributed by atoms with Crippen molar-refractivity contribution in [3.8, 4) is 5.75 Å². The molecule has 0 saturated carbocycles. The van der Waals surface area contributed by atoms with Crippen LogP contribution < -0.4 is 5.32 Å². The second kappa shape index (κ2) is 6.28. The number of nitrogens with one attached hydrogen (secondary N) is 1. The Hall–Kier alpha value is -2.23. The number of hydrogen-bond acceptors (Lipinski definition) is 2. The molecule has 1 unspecified atom stereocenters. The molecule has 1 atom stereocenters. The van der Waals surface area contributed by atoms with E-state index in [0.717, 1.165) is 6.42 Å². The summed E-state index contributed by atoms with van der Waals surface area (Å²) in [6.45, 7) is 4.20. The molecule has 0 spiro atoms. The van der Waals surface area contributed by atoms with Crippen molar-refractivity contribution in [2.24, 2.45) is 5.92 Å². The van der Waals surface area contributed by atoms with Crippen LogP contribution in [0.15, 0.2) is 48.8 Å². The molecule has 1 amide bonds. The van der Waals surface area contributed by atoms with Crippen molar-refractivity contribution in [2.75, 3.05) is 5.32 Å². The zero-order valence-electron chi connectivity index (χ0n) is 11.8. The third-order valence-electron chi connectivity index (χ3n) is 3.12. The number of benzene rings is 1. The zero-order valence-corrected chi connectivity index (χ0v) is 11.8. The molecule has 1 aromatic heterocycles. The topological polar surface area (TPSA) is 54.3 Å². The summed E-state index contributed by atoms with van der Waals surface area (Å²) in [5.74, 6) is 0.570. The fourth-order valence-electron chi connectivity index (χ4n) is 2.14. The van der Waals surface area contributed by atoms with Gasteiger partial charge in [-0.25, -0.2) is 0 Å². The van der Waals surface area contributed by atoms with E-state index in [4.69, 9.17) is 0 Å². The number of carbonyl (C=O) groups is 1. The van der Waals surface area contributed by atoms with Crippen LogP contribution in [0.1, 0.15) is 26.3 Å². The van der Waals surface area contributed by atoms with Crippen LogP contribution in [-0.2, 0) is 4.79 Å². The van der Waals surface area contributed by atoms with Crippen LogP contribution in [0.5, 0.6) is 5.75 Å². The van der Waals surface area contributed by atoms with E-state index >= 15 is 0 Å². The van der Waals surface area contributed by atoms with E-state index in [1.165, 1.54) is 0 Å². The van der Waals surface area contributed by atoms with Crippen molar-refractivity contribution in [1.82, 2.24) is 4.57 Å². The summed E-state index contributed by atoms with van der Waals surface area (Å²) >= 11 is 0. The Morgan fingerprint density at radius 1 is 1.20 bits per heavy atom. The lowest BCUT2D eigenvalue weighted by molar-refractivity contribution is -0.119. The van der Waals surface area contributed by atoms with E-state index in [1.54, 1.807) is 24.3 Å². The molecule has 2 N–H and O–H groups in total. The maximum Gasteiger partial charge on any atom is 0.247 e. The Morgan fingerprint density at radius 3 is 2.35 bits per heavy atom. The molecule has 2 aromatic rings. The number of phenols is 1. The molecule has 0 bridgehead atoms. The average molecular weight is 272 g/mol. The lowest BCUT2D eigenvalue weighted by Crippen LogP contribution is -2.26. The average Bonchev–Trinajstić information content (AvgIpc) is 2.92. The van der Waals surface area contributed by atoms with Gasteiger partial charge in [0.1, 0.15) is 11.8 Å². The minimum atomic E-state index is -0.223. The van der Waals surface area contributed by atoms with Crippen LogP contribution in [-0.4, -0.2) is 15.6 Å². The van der Waals surface area contributed by atoms with E-state index in [-0.39, 0.29) is 17.7 Å². The largest absolute Gasteiger partial charge is 0.508 e. The second-order valence-electron chi connectivity index (χ2n) is 5.31. The number of amides is 1. The normalized spacial score (nSPS) is 12.3. The Morgan fingerprint density at radius 2 is 1.80 bits per heavy atom. The molecule has 1 aromatic carbocycles. The van der Waals surface area contributed by atoms with Crippen molar-refractivity contribution in [3.63, 3.8) is 0 Å². The third kappa shape index (κ3) is 3.63. The summed E-state index contributed by atoms with van der Waals surface area (Å²) in [5.41, 5.74) is 0.689. The summed E-state index contributed by atoms with van der Waals surface area (Å²) in [6, 6.07) is 10.1. The number of carbonyl (C=O) groups excluding carboxylic acids is 1. The molecule has 0 radical (unpaired) electrons. The Labute approximate surface area is 119 Å². The Kier molecular flexibility index (Phi) is 4.45. The quantitative estimate of drug-likeness (QED) is 0.819. The summed E-state index contributed by atoms with van der Waals surface area (Å²) in [4.78, 5) is 12.4. The number of nitrogens with zero attached hydrogens (tertiary/aromatic N) is 1. The number of anilines is 1. The Balaban J connectivity index is 2.12. The fraction of sp³-hybridized carbons (Fsp3) is 0.312. The zero-order chi connectivity index (χ0) is 14.5. The molecule has 106 valence electrons. The maximum absolute atomic E-state index is 12.4. The standard InChI is InChI=1S/C16H20N2O2/c1-12(2)11-15(18-9-3-4-10-18)16(20)17-13-5-7-14(19)8-6-13/h3-10,12,15,19H,11H2,1-2H3,(H,17,20). The molecular weight excluding hydrogens is 252 g/mol. The smallest absolute Gasteiger partial charge is 0.247 e. The van der Waals surface area contributed by atoms with Crippen LogP contribution in [0, 0.1) is 5.92 Å². The first-order valence-electron chi connectivity index (χ1n) is 6.78. The predicted octanol–water partition coefficient (Wildman–Crippen LogP) is 3.42.